The summed E-state index contributed by atoms with van der Waals surface area (Å²) in [6, 6.07) is -1.05. The predicted octanol–water partition coefficient (Wildman–Crippen LogP) is -4.92. The van der Waals surface area contributed by atoms with Crippen molar-refractivity contribution >= 4 is 37.5 Å². The van der Waals surface area contributed by atoms with Crippen molar-refractivity contribution in [3.05, 3.63) is 39.6 Å². The van der Waals surface area contributed by atoms with Crippen molar-refractivity contribution in [2.24, 2.45) is 0 Å². The average Bonchev–Trinajstić information content (AvgIpc) is 3.94. The van der Waals surface area contributed by atoms with Crippen molar-refractivity contribution in [2.75, 3.05) is 40.0 Å². The summed E-state index contributed by atoms with van der Waals surface area (Å²) in [5.74, 6) is 2.60. The molecule has 26 nitrogen and oxygen atoms in total. The first-order valence-electron chi connectivity index (χ1n) is 24.1. The second kappa shape index (κ2) is 34.3. The SMILES string of the molecule is CC#CC(=O)OCC.CC1(C)CNC(C(=O)O)CO1.CC1(C)C[n+]2noc([O-])c2CO1.COC(=O)C1COC(C)(C)CN1B(C)O.Cc1c([C-]=O)nn2c1COC(C)(C)C2.Cc1nn2c(c1[C-]=O)COC(C)(C)C2.[K+].[K+].[OH-].[OH-]. The molecule has 29 heteroatoms. The summed E-state index contributed by atoms with van der Waals surface area (Å²) in [4.78, 5) is 55.1. The van der Waals surface area contributed by atoms with E-state index in [9.17, 15) is 34.1 Å². The number of carboxylic acid groups (broad SMARTS) is 1. The summed E-state index contributed by atoms with van der Waals surface area (Å²) < 4.78 is 46.4. The summed E-state index contributed by atoms with van der Waals surface area (Å²) in [5.41, 5.74) is 3.66. The molecule has 5 N–H and O–H groups in total. The van der Waals surface area contributed by atoms with Crippen molar-refractivity contribution in [1.29, 1.82) is 0 Å². The van der Waals surface area contributed by atoms with Gasteiger partial charge >= 0.3 is 128 Å². The van der Waals surface area contributed by atoms with Gasteiger partial charge < -0.3 is 83.0 Å². The molecule has 8 heterocycles. The summed E-state index contributed by atoms with van der Waals surface area (Å²) in [6.07, 6.45) is 3.76. The topological polar surface area (TPSA) is 354 Å². The Balaban J connectivity index is 0. The van der Waals surface area contributed by atoms with Crippen molar-refractivity contribution < 1.29 is 195 Å². The number of aromatic nitrogens is 6. The zero-order chi connectivity index (χ0) is 56.0. The minimum absolute atomic E-state index is 0. The zero-order valence-electron chi connectivity index (χ0n) is 48.6. The number of aryl methyl sites for hydroxylation is 1. The van der Waals surface area contributed by atoms with Crippen LogP contribution in [0.1, 0.15) is 123 Å². The first kappa shape index (κ1) is 77.7. The van der Waals surface area contributed by atoms with Crippen molar-refractivity contribution in [3.8, 4) is 17.8 Å². The summed E-state index contributed by atoms with van der Waals surface area (Å²) in [6.45, 7) is 33.5. The number of hydrogen-bond acceptors (Lipinski definition) is 22. The van der Waals surface area contributed by atoms with Crippen LogP contribution in [0.4, 0.5) is 0 Å². The van der Waals surface area contributed by atoms with E-state index in [1.165, 1.54) is 7.11 Å². The molecular weight excluding hydrogens is 1080 g/mol. The van der Waals surface area contributed by atoms with Gasteiger partial charge in [-0.3, -0.25) is 24.7 Å². The number of methoxy groups -OCH3 is 1. The number of morpholine rings is 2. The number of carbonyl (C=O) groups is 3. The molecule has 2 saturated heterocycles. The Morgan fingerprint density at radius 2 is 1.37 bits per heavy atom. The van der Waals surface area contributed by atoms with Gasteiger partial charge in [0, 0.05) is 31.9 Å². The van der Waals surface area contributed by atoms with Gasteiger partial charge in [0.1, 0.15) is 24.3 Å². The fraction of sp³-hybridized carbons (Fsp3) is 0.694. The van der Waals surface area contributed by atoms with Crippen LogP contribution in [0.2, 0.25) is 6.82 Å². The van der Waals surface area contributed by atoms with E-state index in [0.29, 0.717) is 69.5 Å². The van der Waals surface area contributed by atoms with E-state index in [1.807, 2.05) is 105 Å². The van der Waals surface area contributed by atoms with Crippen LogP contribution in [0.25, 0.3) is 0 Å². The third kappa shape index (κ3) is 24.2. The van der Waals surface area contributed by atoms with Crippen LogP contribution >= 0.6 is 0 Å². The summed E-state index contributed by atoms with van der Waals surface area (Å²) in [5, 5.41) is 44.1. The Kier molecular flexibility index (Phi) is 34.1. The smallest absolute Gasteiger partial charge is 0.870 e. The second-order valence-electron chi connectivity index (χ2n) is 20.8. The monoisotopic (exact) mass is 1150 g/mol. The van der Waals surface area contributed by atoms with Gasteiger partial charge in [0.05, 0.1) is 80.6 Å². The molecule has 5 aliphatic heterocycles. The molecule has 0 aromatic carbocycles. The maximum absolute atomic E-state index is 11.4. The van der Waals surface area contributed by atoms with E-state index >= 15 is 0 Å². The van der Waals surface area contributed by atoms with Crippen molar-refractivity contribution in [1.82, 2.24) is 35.0 Å². The molecule has 0 bridgehead atoms. The van der Waals surface area contributed by atoms with Crippen LogP contribution in [0, 0.1) is 25.7 Å². The minimum Gasteiger partial charge on any atom is -0.870 e. The van der Waals surface area contributed by atoms with E-state index in [4.69, 9.17) is 28.8 Å². The molecule has 3 aromatic heterocycles. The van der Waals surface area contributed by atoms with Gasteiger partial charge in [-0.2, -0.15) is 0 Å². The molecule has 0 spiro atoms. The molecule has 428 valence electrons. The third-order valence-corrected chi connectivity index (χ3v) is 11.7. The number of nitrogens with zero attached hydrogens (tertiary/aromatic N) is 7. The zero-order valence-corrected chi connectivity index (χ0v) is 54.9. The molecule has 0 amide bonds. The van der Waals surface area contributed by atoms with Crippen LogP contribution in [-0.4, -0.2) is 168 Å². The Bertz CT molecular complexity index is 2450. The quantitative estimate of drug-likeness (QED) is 0.0520. The largest absolute Gasteiger partial charge is 1.00 e. The number of ether oxygens (including phenoxy) is 7. The number of nitrogens with one attached hydrogen (secondary N) is 1. The van der Waals surface area contributed by atoms with Gasteiger partial charge in [-0.05, 0) is 113 Å². The maximum Gasteiger partial charge on any atom is 1.00 e. The standard InChI is InChI=1S/2C10H13N2O2.C9H18BNO4.C7H10N2O3.C7H13NO3.C6H8O2.2K.2H2O/c1-7-8(4-13)9-5-14-10(2,3)6-12(9)11-7;1-7-8(4-13)11-12-6-10(2,3)14-5-9(7)12;1-9(2)6-11(10(3)13)7(5-15-9)8(12)14-4;1-7(2)4-9-5(3-11-7)6(10)12-8-9;1-7(2)4-8-5(3-11-7)6(9)10;1-3-5-6(7)8-4-2;;;;/h2*5-6H2,1-3H3;7,13H,5-6H2,1-4H3;3-4H2,1-2H3;5,8H,3-4H2,1-2H3,(H,9,10);4H2,1-2H3;;;2*1H2/q2*-1;;;;;2*+1;;/p-2. The summed E-state index contributed by atoms with van der Waals surface area (Å²) >= 11 is 0. The van der Waals surface area contributed by atoms with Gasteiger partial charge in [0.25, 0.3) is 5.69 Å². The number of fused-ring (bicyclic) bond motifs is 3. The predicted molar refractivity (Wildman–Crippen MR) is 266 cm³/mol. The van der Waals surface area contributed by atoms with Crippen LogP contribution in [-0.2, 0) is 96.6 Å². The maximum atomic E-state index is 11.4. The molecule has 2 atom stereocenters. The number of carbonyl (C=O) groups excluding carboxylic acids is 4. The number of rotatable bonds is 6. The third-order valence-electron chi connectivity index (χ3n) is 11.7. The van der Waals surface area contributed by atoms with E-state index < -0.39 is 37.0 Å². The number of aliphatic carboxylic acids is 1. The average molecular weight is 1160 g/mol. The second-order valence-corrected chi connectivity index (χ2v) is 20.8. The molecule has 3 aromatic rings. The molecule has 0 radical (unpaired) electrons. The summed E-state index contributed by atoms with van der Waals surface area (Å²) in [7, 11) is 0.653. The van der Waals surface area contributed by atoms with Crippen LogP contribution in [0.5, 0.6) is 5.95 Å². The fourth-order valence-electron chi connectivity index (χ4n) is 7.54. The number of esters is 2. The Morgan fingerprint density at radius 3 is 1.86 bits per heavy atom. The number of hydrogen-bond donors (Lipinski definition) is 3. The molecule has 8 rings (SSSR count). The van der Waals surface area contributed by atoms with Gasteiger partial charge in [-0.1, -0.05) is 17.5 Å². The first-order valence-corrected chi connectivity index (χ1v) is 24.1. The molecule has 0 saturated carbocycles. The van der Waals surface area contributed by atoms with E-state index in [2.05, 4.69) is 46.6 Å². The van der Waals surface area contributed by atoms with Crippen LogP contribution < -0.4 is 118 Å². The molecule has 2 fully saturated rings. The van der Waals surface area contributed by atoms with E-state index in [-0.39, 0.29) is 168 Å². The van der Waals surface area contributed by atoms with Crippen molar-refractivity contribution in [3.63, 3.8) is 0 Å². The Hall–Kier alpha value is -2.39. The van der Waals surface area contributed by atoms with E-state index in [1.54, 1.807) is 30.2 Å². The van der Waals surface area contributed by atoms with Crippen LogP contribution in [0.15, 0.2) is 4.52 Å². The Morgan fingerprint density at radius 1 is 0.833 bits per heavy atom. The van der Waals surface area contributed by atoms with Crippen molar-refractivity contribution in [2.45, 2.75) is 183 Å². The van der Waals surface area contributed by atoms with Gasteiger partial charge in [0.15, 0.2) is 5.95 Å². The number of carboxylic acids is 1. The molecule has 78 heavy (non-hydrogen) atoms. The van der Waals surface area contributed by atoms with Crippen LogP contribution in [0.3, 0.4) is 0 Å². The normalized spacial score (nSPS) is 19.9. The first-order chi connectivity index (χ1) is 34.3. The molecule has 0 aliphatic carbocycles. The van der Waals surface area contributed by atoms with E-state index in [0.717, 1.165) is 22.6 Å². The minimum atomic E-state index is -0.847. The molecular formula is C49H77BK2N8O18-2. The van der Waals surface area contributed by atoms with Gasteiger partial charge in [-0.15, -0.1) is 18.1 Å². The Labute approximate surface area is 542 Å². The fourth-order valence-corrected chi connectivity index (χ4v) is 7.54. The molecule has 2 unspecified atom stereocenters. The van der Waals surface area contributed by atoms with Gasteiger partial charge in [-0.25, -0.2) is 9.89 Å². The van der Waals surface area contributed by atoms with Gasteiger partial charge in [0.2, 0.25) is 6.54 Å². The molecule has 5 aliphatic rings.